The molecule has 0 spiro atoms. The molecule has 4 nitrogen and oxygen atoms in total. The summed E-state index contributed by atoms with van der Waals surface area (Å²) in [5.41, 5.74) is 1.10. The van der Waals surface area contributed by atoms with Crippen molar-refractivity contribution in [2.45, 2.75) is 52.0 Å². The van der Waals surface area contributed by atoms with Crippen molar-refractivity contribution in [2.75, 3.05) is 26.9 Å². The molecule has 0 bridgehead atoms. The van der Waals surface area contributed by atoms with Crippen molar-refractivity contribution < 1.29 is 14.6 Å². The van der Waals surface area contributed by atoms with Gasteiger partial charge >= 0.3 is 0 Å². The third-order valence-corrected chi connectivity index (χ3v) is 3.60. The Kier molecular flexibility index (Phi) is 10.5. The monoisotopic (exact) mass is 309 g/mol. The lowest BCUT2D eigenvalue weighted by atomic mass is 10.1. The van der Waals surface area contributed by atoms with Crippen molar-refractivity contribution in [1.29, 1.82) is 0 Å². The number of benzene rings is 1. The molecule has 0 saturated carbocycles. The third-order valence-electron chi connectivity index (χ3n) is 3.60. The maximum absolute atomic E-state index is 8.82. The molecule has 2 N–H and O–H groups in total. The number of hydrogen-bond donors (Lipinski definition) is 2. The first-order valence-corrected chi connectivity index (χ1v) is 8.43. The van der Waals surface area contributed by atoms with Crippen molar-refractivity contribution in [3.63, 3.8) is 0 Å². The number of nitrogens with one attached hydrogen (secondary N) is 1. The molecular weight excluding hydrogens is 278 g/mol. The molecule has 0 atom stereocenters. The normalized spacial score (nSPS) is 10.7. The standard InChI is InChI=1S/C18H31NO3/c1-3-4-5-6-7-14-22-18-16(15-19-12-9-13-20)10-8-11-17(18)21-2/h8,10-11,19-20H,3-7,9,12-15H2,1-2H3. The minimum Gasteiger partial charge on any atom is -0.493 e. The largest absolute Gasteiger partial charge is 0.493 e. The maximum atomic E-state index is 8.82. The van der Waals surface area contributed by atoms with Crippen LogP contribution in [0, 0.1) is 0 Å². The zero-order chi connectivity index (χ0) is 16.0. The van der Waals surface area contributed by atoms with Gasteiger partial charge in [0.15, 0.2) is 11.5 Å². The average molecular weight is 309 g/mol. The second-order valence-corrected chi connectivity index (χ2v) is 5.47. The highest BCUT2D eigenvalue weighted by atomic mass is 16.5. The molecule has 0 saturated heterocycles. The van der Waals surface area contributed by atoms with Gasteiger partial charge in [-0.25, -0.2) is 0 Å². The Bertz CT molecular complexity index is 396. The van der Waals surface area contributed by atoms with Crippen LogP contribution in [0.15, 0.2) is 18.2 Å². The predicted octanol–water partition coefficient (Wildman–Crippen LogP) is 3.52. The van der Waals surface area contributed by atoms with Crippen LogP contribution in [0.25, 0.3) is 0 Å². The highest BCUT2D eigenvalue weighted by molar-refractivity contribution is 5.46. The van der Waals surface area contributed by atoms with Crippen LogP contribution in [0.3, 0.4) is 0 Å². The van der Waals surface area contributed by atoms with Crippen molar-refractivity contribution >= 4 is 0 Å². The van der Waals surface area contributed by atoms with Gasteiger partial charge < -0.3 is 19.9 Å². The van der Waals surface area contributed by atoms with E-state index in [-0.39, 0.29) is 6.61 Å². The Morgan fingerprint density at radius 1 is 1.09 bits per heavy atom. The van der Waals surface area contributed by atoms with Gasteiger partial charge in [0.2, 0.25) is 0 Å². The van der Waals surface area contributed by atoms with Crippen molar-refractivity contribution in [3.8, 4) is 11.5 Å². The Balaban J connectivity index is 2.49. The van der Waals surface area contributed by atoms with Gasteiger partial charge in [0.05, 0.1) is 13.7 Å². The highest BCUT2D eigenvalue weighted by Crippen LogP contribution is 2.31. The van der Waals surface area contributed by atoms with Crippen LogP contribution >= 0.6 is 0 Å². The fourth-order valence-electron chi connectivity index (χ4n) is 2.33. The van der Waals surface area contributed by atoms with Gasteiger partial charge in [-0.1, -0.05) is 44.7 Å². The molecule has 4 heteroatoms. The molecule has 0 amide bonds. The Hall–Kier alpha value is -1.26. The number of para-hydroxylation sites is 1. The SMILES string of the molecule is CCCCCCCOc1c(CNCCCO)cccc1OC. The molecule has 0 radical (unpaired) electrons. The molecule has 0 aliphatic rings. The van der Waals surface area contributed by atoms with E-state index in [1.807, 2.05) is 12.1 Å². The van der Waals surface area contributed by atoms with E-state index in [1.54, 1.807) is 7.11 Å². The van der Waals surface area contributed by atoms with Crippen LogP contribution < -0.4 is 14.8 Å². The van der Waals surface area contributed by atoms with E-state index >= 15 is 0 Å². The summed E-state index contributed by atoms with van der Waals surface area (Å²) >= 11 is 0. The van der Waals surface area contributed by atoms with E-state index in [1.165, 1.54) is 25.7 Å². The Morgan fingerprint density at radius 3 is 2.64 bits per heavy atom. The molecule has 126 valence electrons. The summed E-state index contributed by atoms with van der Waals surface area (Å²) in [4.78, 5) is 0. The zero-order valence-corrected chi connectivity index (χ0v) is 14.1. The van der Waals surface area contributed by atoms with E-state index in [0.717, 1.165) is 49.6 Å². The number of methoxy groups -OCH3 is 1. The molecule has 0 fully saturated rings. The molecule has 0 heterocycles. The van der Waals surface area contributed by atoms with Gasteiger partial charge in [-0.15, -0.1) is 0 Å². The molecule has 1 aromatic rings. The van der Waals surface area contributed by atoms with Crippen molar-refractivity contribution in [1.82, 2.24) is 5.32 Å². The number of rotatable bonds is 13. The van der Waals surface area contributed by atoms with E-state index < -0.39 is 0 Å². The van der Waals surface area contributed by atoms with Crippen LogP contribution in [0.4, 0.5) is 0 Å². The lowest BCUT2D eigenvalue weighted by molar-refractivity contribution is 0.279. The van der Waals surface area contributed by atoms with Crippen LogP contribution in [0.5, 0.6) is 11.5 Å². The number of hydrogen-bond acceptors (Lipinski definition) is 4. The lowest BCUT2D eigenvalue weighted by Gasteiger charge is -2.15. The molecular formula is C18H31NO3. The minimum atomic E-state index is 0.215. The number of unbranched alkanes of at least 4 members (excludes halogenated alkanes) is 4. The zero-order valence-electron chi connectivity index (χ0n) is 14.1. The maximum Gasteiger partial charge on any atom is 0.165 e. The highest BCUT2D eigenvalue weighted by Gasteiger charge is 2.10. The summed E-state index contributed by atoms with van der Waals surface area (Å²) in [6.07, 6.45) is 6.90. The molecule has 1 aromatic carbocycles. The van der Waals surface area contributed by atoms with Crippen LogP contribution in [0.2, 0.25) is 0 Å². The average Bonchev–Trinajstić information content (AvgIpc) is 2.55. The molecule has 1 rings (SSSR count). The van der Waals surface area contributed by atoms with E-state index in [9.17, 15) is 0 Å². The topological polar surface area (TPSA) is 50.7 Å². The van der Waals surface area contributed by atoms with Gasteiger partial charge in [0.25, 0.3) is 0 Å². The second-order valence-electron chi connectivity index (χ2n) is 5.47. The number of aliphatic hydroxyl groups is 1. The first-order valence-electron chi connectivity index (χ1n) is 8.43. The van der Waals surface area contributed by atoms with E-state index in [0.29, 0.717) is 0 Å². The van der Waals surface area contributed by atoms with Gasteiger partial charge in [-0.2, -0.15) is 0 Å². The lowest BCUT2D eigenvalue weighted by Crippen LogP contribution is -2.16. The summed E-state index contributed by atoms with van der Waals surface area (Å²) in [5, 5.41) is 12.1. The van der Waals surface area contributed by atoms with Crippen LogP contribution in [-0.4, -0.2) is 32.0 Å². The summed E-state index contributed by atoms with van der Waals surface area (Å²) in [5.74, 6) is 1.63. The summed E-state index contributed by atoms with van der Waals surface area (Å²) in [7, 11) is 1.67. The minimum absolute atomic E-state index is 0.215. The number of aliphatic hydroxyl groups excluding tert-OH is 1. The smallest absolute Gasteiger partial charge is 0.165 e. The van der Waals surface area contributed by atoms with E-state index in [4.69, 9.17) is 14.6 Å². The van der Waals surface area contributed by atoms with Gasteiger partial charge in [-0.3, -0.25) is 0 Å². The Morgan fingerprint density at radius 2 is 1.91 bits per heavy atom. The fourth-order valence-corrected chi connectivity index (χ4v) is 2.33. The quantitative estimate of drug-likeness (QED) is 0.547. The van der Waals surface area contributed by atoms with Crippen molar-refractivity contribution in [2.24, 2.45) is 0 Å². The fraction of sp³-hybridized carbons (Fsp3) is 0.667. The summed E-state index contributed by atoms with van der Waals surface area (Å²) < 4.78 is 11.4. The predicted molar refractivity (Wildman–Crippen MR) is 90.7 cm³/mol. The molecule has 22 heavy (non-hydrogen) atoms. The van der Waals surface area contributed by atoms with Crippen LogP contribution in [-0.2, 0) is 6.54 Å². The molecule has 0 aliphatic carbocycles. The third kappa shape index (κ3) is 7.14. The summed E-state index contributed by atoms with van der Waals surface area (Å²) in [6.45, 7) is 4.69. The van der Waals surface area contributed by atoms with Gasteiger partial charge in [-0.05, 0) is 25.5 Å². The van der Waals surface area contributed by atoms with Crippen LogP contribution in [0.1, 0.15) is 51.0 Å². The summed E-state index contributed by atoms with van der Waals surface area (Å²) in [6, 6.07) is 5.97. The van der Waals surface area contributed by atoms with Gasteiger partial charge in [0, 0.05) is 18.7 Å². The first kappa shape index (κ1) is 18.8. The van der Waals surface area contributed by atoms with Crippen molar-refractivity contribution in [3.05, 3.63) is 23.8 Å². The molecule has 0 aliphatic heterocycles. The molecule has 0 unspecified atom stereocenters. The second kappa shape index (κ2) is 12.3. The molecule has 0 aromatic heterocycles. The van der Waals surface area contributed by atoms with Gasteiger partial charge in [0.1, 0.15) is 0 Å². The number of ether oxygens (including phenoxy) is 2. The first-order chi connectivity index (χ1) is 10.8. The van der Waals surface area contributed by atoms with E-state index in [2.05, 4.69) is 18.3 Å². The Labute approximate surface area is 134 Å².